The first-order valence-electron chi connectivity index (χ1n) is 5.07. The van der Waals surface area contributed by atoms with Crippen LogP contribution in [0.15, 0.2) is 0 Å². The van der Waals surface area contributed by atoms with Crippen molar-refractivity contribution < 1.29 is 9.63 Å². The number of rotatable bonds is 3. The largest absolute Gasteiger partial charge is 0.273 e. The van der Waals surface area contributed by atoms with Crippen LogP contribution >= 0.6 is 0 Å². The van der Waals surface area contributed by atoms with Crippen LogP contribution in [0, 0.1) is 11.8 Å². The highest BCUT2D eigenvalue weighted by Crippen LogP contribution is 2.28. The molecule has 0 aliphatic heterocycles. The standard InChI is InChI=1S/C10H19NO2/c1-8-4-3-5-10(6-8)7-13-11-9(2)12/h8,10H,3-7H2,1-2H3,(H,11,12). The molecule has 3 nitrogen and oxygen atoms in total. The Morgan fingerprint density at radius 2 is 2.31 bits per heavy atom. The second kappa shape index (κ2) is 5.22. The fraction of sp³-hybridized carbons (Fsp3) is 0.900. The van der Waals surface area contributed by atoms with Crippen LogP contribution in [0.2, 0.25) is 0 Å². The lowest BCUT2D eigenvalue weighted by Crippen LogP contribution is -2.26. The number of nitrogens with one attached hydrogen (secondary N) is 1. The van der Waals surface area contributed by atoms with Gasteiger partial charge >= 0.3 is 0 Å². The zero-order chi connectivity index (χ0) is 9.68. The molecule has 0 aromatic heterocycles. The maximum atomic E-state index is 10.5. The lowest BCUT2D eigenvalue weighted by atomic mass is 9.83. The summed E-state index contributed by atoms with van der Waals surface area (Å²) < 4.78 is 0. The maximum absolute atomic E-state index is 10.5. The Morgan fingerprint density at radius 1 is 1.54 bits per heavy atom. The third-order valence-electron chi connectivity index (χ3n) is 2.58. The molecule has 3 heteroatoms. The molecule has 1 aliphatic rings. The van der Waals surface area contributed by atoms with Crippen LogP contribution in [0.1, 0.15) is 39.5 Å². The minimum atomic E-state index is -0.121. The normalized spacial score (nSPS) is 28.5. The van der Waals surface area contributed by atoms with E-state index in [0.717, 1.165) is 5.92 Å². The highest BCUT2D eigenvalue weighted by Gasteiger charge is 2.18. The van der Waals surface area contributed by atoms with E-state index in [-0.39, 0.29) is 5.91 Å². The Kier molecular flexibility index (Phi) is 4.22. The second-order valence-electron chi connectivity index (χ2n) is 4.11. The van der Waals surface area contributed by atoms with Crippen LogP contribution < -0.4 is 5.48 Å². The first-order chi connectivity index (χ1) is 6.18. The number of carbonyl (C=O) groups is 1. The Balaban J connectivity index is 2.10. The van der Waals surface area contributed by atoms with Gasteiger partial charge in [0, 0.05) is 6.92 Å². The molecule has 1 fully saturated rings. The number of hydrogen-bond donors (Lipinski definition) is 1. The fourth-order valence-corrected chi connectivity index (χ4v) is 1.97. The van der Waals surface area contributed by atoms with Gasteiger partial charge in [0.15, 0.2) is 0 Å². The van der Waals surface area contributed by atoms with Crippen LogP contribution in [0.3, 0.4) is 0 Å². The van der Waals surface area contributed by atoms with Gasteiger partial charge in [0.1, 0.15) is 0 Å². The van der Waals surface area contributed by atoms with Crippen molar-refractivity contribution in [1.82, 2.24) is 5.48 Å². The van der Waals surface area contributed by atoms with E-state index in [1.165, 1.54) is 32.6 Å². The van der Waals surface area contributed by atoms with E-state index in [1.54, 1.807) is 0 Å². The van der Waals surface area contributed by atoms with Gasteiger partial charge in [-0.3, -0.25) is 9.63 Å². The molecule has 1 amide bonds. The highest BCUT2D eigenvalue weighted by molar-refractivity contribution is 5.71. The molecule has 0 spiro atoms. The maximum Gasteiger partial charge on any atom is 0.240 e. The lowest BCUT2D eigenvalue weighted by molar-refractivity contribution is -0.132. The zero-order valence-electron chi connectivity index (χ0n) is 8.51. The summed E-state index contributed by atoms with van der Waals surface area (Å²) in [6, 6.07) is 0. The van der Waals surface area contributed by atoms with Gasteiger partial charge < -0.3 is 0 Å². The quantitative estimate of drug-likeness (QED) is 0.682. The van der Waals surface area contributed by atoms with Crippen molar-refractivity contribution in [2.75, 3.05) is 6.61 Å². The number of carbonyl (C=O) groups excluding carboxylic acids is 1. The van der Waals surface area contributed by atoms with E-state index in [2.05, 4.69) is 12.4 Å². The molecule has 1 N–H and O–H groups in total. The molecule has 13 heavy (non-hydrogen) atoms. The molecule has 2 atom stereocenters. The summed E-state index contributed by atoms with van der Waals surface area (Å²) >= 11 is 0. The number of amides is 1. The van der Waals surface area contributed by atoms with E-state index in [9.17, 15) is 4.79 Å². The first-order valence-corrected chi connectivity index (χ1v) is 5.07. The summed E-state index contributed by atoms with van der Waals surface area (Å²) in [6.45, 7) is 4.41. The van der Waals surface area contributed by atoms with Crippen molar-refractivity contribution in [3.8, 4) is 0 Å². The Labute approximate surface area is 79.8 Å². The highest BCUT2D eigenvalue weighted by atomic mass is 16.6. The molecule has 0 aromatic rings. The van der Waals surface area contributed by atoms with Gasteiger partial charge in [-0.25, -0.2) is 5.48 Å². The molecular formula is C10H19NO2. The van der Waals surface area contributed by atoms with E-state index in [4.69, 9.17) is 4.84 Å². The third kappa shape index (κ3) is 4.27. The average molecular weight is 185 g/mol. The first kappa shape index (κ1) is 10.5. The molecular weight excluding hydrogens is 166 g/mol. The zero-order valence-corrected chi connectivity index (χ0v) is 8.51. The van der Waals surface area contributed by atoms with Crippen molar-refractivity contribution >= 4 is 5.91 Å². The van der Waals surface area contributed by atoms with Gasteiger partial charge in [-0.1, -0.05) is 19.8 Å². The van der Waals surface area contributed by atoms with Gasteiger partial charge in [-0.05, 0) is 24.7 Å². The van der Waals surface area contributed by atoms with Crippen LogP contribution in [0.4, 0.5) is 0 Å². The van der Waals surface area contributed by atoms with Crippen molar-refractivity contribution in [3.63, 3.8) is 0 Å². The molecule has 0 aromatic carbocycles. The van der Waals surface area contributed by atoms with Crippen molar-refractivity contribution in [2.45, 2.75) is 39.5 Å². The predicted octanol–water partition coefficient (Wildman–Crippen LogP) is 1.88. The second-order valence-corrected chi connectivity index (χ2v) is 4.11. The summed E-state index contributed by atoms with van der Waals surface area (Å²) in [6.07, 6.45) is 5.12. The van der Waals surface area contributed by atoms with Gasteiger partial charge in [-0.2, -0.15) is 0 Å². The minimum absolute atomic E-state index is 0.121. The van der Waals surface area contributed by atoms with Gasteiger partial charge in [0.05, 0.1) is 6.61 Å². The fourth-order valence-electron chi connectivity index (χ4n) is 1.97. The van der Waals surface area contributed by atoms with Crippen LogP contribution in [0.5, 0.6) is 0 Å². The molecule has 76 valence electrons. The van der Waals surface area contributed by atoms with Crippen LogP contribution in [-0.2, 0) is 9.63 Å². The number of hydrogen-bond acceptors (Lipinski definition) is 2. The van der Waals surface area contributed by atoms with Crippen LogP contribution in [-0.4, -0.2) is 12.5 Å². The molecule has 2 unspecified atom stereocenters. The summed E-state index contributed by atoms with van der Waals surface area (Å²) in [5.74, 6) is 1.33. The topological polar surface area (TPSA) is 38.3 Å². The van der Waals surface area contributed by atoms with E-state index < -0.39 is 0 Å². The number of hydroxylamine groups is 1. The van der Waals surface area contributed by atoms with E-state index in [0.29, 0.717) is 12.5 Å². The van der Waals surface area contributed by atoms with E-state index >= 15 is 0 Å². The lowest BCUT2D eigenvalue weighted by Gasteiger charge is -2.25. The van der Waals surface area contributed by atoms with Crippen molar-refractivity contribution in [1.29, 1.82) is 0 Å². The van der Waals surface area contributed by atoms with Crippen LogP contribution in [0.25, 0.3) is 0 Å². The van der Waals surface area contributed by atoms with Crippen molar-refractivity contribution in [3.05, 3.63) is 0 Å². The van der Waals surface area contributed by atoms with Crippen molar-refractivity contribution in [2.24, 2.45) is 11.8 Å². The average Bonchev–Trinajstić information content (AvgIpc) is 2.03. The summed E-state index contributed by atoms with van der Waals surface area (Å²) in [5.41, 5.74) is 2.37. The molecule has 1 rings (SSSR count). The van der Waals surface area contributed by atoms with Gasteiger partial charge in [0.2, 0.25) is 5.91 Å². The van der Waals surface area contributed by atoms with Gasteiger partial charge in [0.25, 0.3) is 0 Å². The Morgan fingerprint density at radius 3 is 2.92 bits per heavy atom. The predicted molar refractivity (Wildman–Crippen MR) is 50.9 cm³/mol. The molecule has 0 saturated heterocycles. The summed E-state index contributed by atoms with van der Waals surface area (Å²) in [5, 5.41) is 0. The molecule has 0 heterocycles. The third-order valence-corrected chi connectivity index (χ3v) is 2.58. The van der Waals surface area contributed by atoms with E-state index in [1.807, 2.05) is 0 Å². The smallest absolute Gasteiger partial charge is 0.240 e. The molecule has 0 radical (unpaired) electrons. The SMILES string of the molecule is CC(=O)NOCC1CCCC(C)C1. The summed E-state index contributed by atoms with van der Waals surface area (Å²) in [4.78, 5) is 15.6. The summed E-state index contributed by atoms with van der Waals surface area (Å²) in [7, 11) is 0. The monoisotopic (exact) mass is 185 g/mol. The Hall–Kier alpha value is -0.570. The minimum Gasteiger partial charge on any atom is -0.273 e. The molecule has 0 bridgehead atoms. The van der Waals surface area contributed by atoms with Gasteiger partial charge in [-0.15, -0.1) is 0 Å². The molecule has 1 aliphatic carbocycles. The Bertz CT molecular complexity index is 170. The molecule has 1 saturated carbocycles.